The Bertz CT molecular complexity index is 966. The molecule has 2 aromatic carbocycles. The van der Waals surface area contributed by atoms with Crippen molar-refractivity contribution in [1.29, 1.82) is 0 Å². The lowest BCUT2D eigenvalue weighted by Crippen LogP contribution is -2.22. The van der Waals surface area contributed by atoms with Crippen LogP contribution in [-0.2, 0) is 17.6 Å². The number of hydrogen-bond acceptors (Lipinski definition) is 5. The van der Waals surface area contributed by atoms with Gasteiger partial charge in [0.25, 0.3) is 5.22 Å². The van der Waals surface area contributed by atoms with Crippen LogP contribution in [0.25, 0.3) is 11.5 Å². The van der Waals surface area contributed by atoms with Gasteiger partial charge in [0.1, 0.15) is 0 Å². The number of rotatable bonds is 5. The Balaban J connectivity index is 1.39. The predicted octanol–water partition coefficient (Wildman–Crippen LogP) is 4.65. The molecule has 27 heavy (non-hydrogen) atoms. The molecule has 0 spiro atoms. The van der Waals surface area contributed by atoms with Crippen LogP contribution in [0, 0.1) is 6.92 Å². The lowest BCUT2D eigenvalue weighted by molar-refractivity contribution is -0.115. The first-order valence-electron chi connectivity index (χ1n) is 9.08. The normalized spacial score (nSPS) is 14.0. The Morgan fingerprint density at radius 3 is 2.70 bits per heavy atom. The van der Waals surface area contributed by atoms with Gasteiger partial charge in [0.05, 0.1) is 5.25 Å². The van der Waals surface area contributed by atoms with Gasteiger partial charge in [0.15, 0.2) is 0 Å². The first-order chi connectivity index (χ1) is 13.1. The fourth-order valence-electron chi connectivity index (χ4n) is 3.17. The highest BCUT2D eigenvalue weighted by Gasteiger charge is 2.20. The standard InChI is InChI=1S/C21H21N3O2S/c1-13-6-8-16(9-7-13)20-23-24-21(26-20)27-14(2)19(25)22-18-11-10-15-4-3-5-17(15)12-18/h6-12,14H,3-5H2,1-2H3,(H,22,25)/t14-/m0/s1. The van der Waals surface area contributed by atoms with Gasteiger partial charge in [-0.1, -0.05) is 35.5 Å². The molecule has 1 N–H and O–H groups in total. The third kappa shape index (κ3) is 4.06. The summed E-state index contributed by atoms with van der Waals surface area (Å²) in [7, 11) is 0. The summed E-state index contributed by atoms with van der Waals surface area (Å²) in [6, 6.07) is 14.1. The molecule has 6 heteroatoms. The maximum absolute atomic E-state index is 12.5. The Labute approximate surface area is 162 Å². The third-order valence-corrected chi connectivity index (χ3v) is 5.65. The van der Waals surface area contributed by atoms with Crippen molar-refractivity contribution in [2.75, 3.05) is 5.32 Å². The van der Waals surface area contributed by atoms with E-state index in [1.165, 1.54) is 34.9 Å². The Morgan fingerprint density at radius 2 is 1.89 bits per heavy atom. The molecule has 0 bridgehead atoms. The van der Waals surface area contributed by atoms with Crippen molar-refractivity contribution in [2.24, 2.45) is 0 Å². The number of hydrogen-bond donors (Lipinski definition) is 1. The molecule has 3 aromatic rings. The molecule has 0 unspecified atom stereocenters. The Kier molecular flexibility index (Phi) is 4.99. The van der Waals surface area contributed by atoms with Crippen LogP contribution >= 0.6 is 11.8 Å². The molecule has 5 nitrogen and oxygen atoms in total. The number of benzene rings is 2. The van der Waals surface area contributed by atoms with E-state index in [4.69, 9.17) is 4.42 Å². The van der Waals surface area contributed by atoms with Gasteiger partial charge in [-0.15, -0.1) is 10.2 Å². The number of nitrogens with one attached hydrogen (secondary N) is 1. The van der Waals surface area contributed by atoms with Crippen LogP contribution in [-0.4, -0.2) is 21.4 Å². The second-order valence-electron chi connectivity index (χ2n) is 6.83. The summed E-state index contributed by atoms with van der Waals surface area (Å²) in [4.78, 5) is 12.5. The molecule has 0 aliphatic heterocycles. The van der Waals surface area contributed by atoms with Crippen molar-refractivity contribution < 1.29 is 9.21 Å². The SMILES string of the molecule is Cc1ccc(-c2nnc(S[C@@H](C)C(=O)Nc3ccc4c(c3)CCC4)o2)cc1. The molecule has 1 aliphatic rings. The van der Waals surface area contributed by atoms with E-state index in [0.29, 0.717) is 11.1 Å². The molecule has 1 aromatic heterocycles. The highest BCUT2D eigenvalue weighted by Crippen LogP contribution is 2.28. The molecule has 0 radical (unpaired) electrons. The second kappa shape index (κ2) is 7.56. The summed E-state index contributed by atoms with van der Waals surface area (Å²) in [6.45, 7) is 3.86. The van der Waals surface area contributed by atoms with Gasteiger partial charge < -0.3 is 9.73 Å². The molecular formula is C21H21N3O2S. The molecule has 4 rings (SSSR count). The fourth-order valence-corrected chi connectivity index (χ4v) is 3.85. The van der Waals surface area contributed by atoms with Gasteiger partial charge in [0.2, 0.25) is 11.8 Å². The van der Waals surface area contributed by atoms with Crippen LogP contribution in [0.5, 0.6) is 0 Å². The van der Waals surface area contributed by atoms with Gasteiger partial charge in [-0.25, -0.2) is 0 Å². The minimum Gasteiger partial charge on any atom is -0.411 e. The average Bonchev–Trinajstić information content (AvgIpc) is 3.31. The summed E-state index contributed by atoms with van der Waals surface area (Å²) in [5, 5.41) is 11.2. The summed E-state index contributed by atoms with van der Waals surface area (Å²) >= 11 is 1.26. The lowest BCUT2D eigenvalue weighted by atomic mass is 10.1. The topological polar surface area (TPSA) is 68.0 Å². The fraction of sp³-hybridized carbons (Fsp3) is 0.286. The number of fused-ring (bicyclic) bond motifs is 1. The number of aryl methyl sites for hydroxylation is 3. The monoisotopic (exact) mass is 379 g/mol. The highest BCUT2D eigenvalue weighted by molar-refractivity contribution is 8.00. The molecule has 0 saturated heterocycles. The van der Waals surface area contributed by atoms with Crippen LogP contribution < -0.4 is 5.32 Å². The number of carbonyl (C=O) groups excluding carboxylic acids is 1. The average molecular weight is 379 g/mol. The third-order valence-electron chi connectivity index (χ3n) is 4.72. The number of anilines is 1. The van der Waals surface area contributed by atoms with Gasteiger partial charge in [0, 0.05) is 11.3 Å². The number of amides is 1. The van der Waals surface area contributed by atoms with E-state index in [0.717, 1.165) is 24.1 Å². The van der Waals surface area contributed by atoms with Crippen LogP contribution in [0.1, 0.15) is 30.0 Å². The van der Waals surface area contributed by atoms with Crippen molar-refractivity contribution in [3.05, 3.63) is 59.2 Å². The van der Waals surface area contributed by atoms with Gasteiger partial charge >= 0.3 is 0 Å². The second-order valence-corrected chi connectivity index (χ2v) is 8.12. The van der Waals surface area contributed by atoms with Gasteiger partial charge in [-0.2, -0.15) is 0 Å². The number of aromatic nitrogens is 2. The predicted molar refractivity (Wildman–Crippen MR) is 107 cm³/mol. The summed E-state index contributed by atoms with van der Waals surface area (Å²) in [5.74, 6) is 0.386. The van der Waals surface area contributed by atoms with Crippen molar-refractivity contribution in [3.8, 4) is 11.5 Å². The highest BCUT2D eigenvalue weighted by atomic mass is 32.2. The van der Waals surface area contributed by atoms with E-state index >= 15 is 0 Å². The van der Waals surface area contributed by atoms with Crippen molar-refractivity contribution >= 4 is 23.4 Å². The van der Waals surface area contributed by atoms with E-state index < -0.39 is 0 Å². The van der Waals surface area contributed by atoms with E-state index in [1.54, 1.807) is 0 Å². The summed E-state index contributed by atoms with van der Waals surface area (Å²) < 4.78 is 5.70. The summed E-state index contributed by atoms with van der Waals surface area (Å²) in [5.41, 5.74) is 5.62. The van der Waals surface area contributed by atoms with Crippen molar-refractivity contribution in [1.82, 2.24) is 10.2 Å². The molecule has 0 saturated carbocycles. The van der Waals surface area contributed by atoms with E-state index in [-0.39, 0.29) is 11.2 Å². The lowest BCUT2D eigenvalue weighted by Gasteiger charge is -2.11. The number of thioether (sulfide) groups is 1. The maximum Gasteiger partial charge on any atom is 0.277 e. The smallest absolute Gasteiger partial charge is 0.277 e. The van der Waals surface area contributed by atoms with E-state index in [9.17, 15) is 4.79 Å². The van der Waals surface area contributed by atoms with Crippen LogP contribution in [0.2, 0.25) is 0 Å². The minimum atomic E-state index is -0.343. The molecule has 138 valence electrons. The largest absolute Gasteiger partial charge is 0.411 e. The zero-order chi connectivity index (χ0) is 18.8. The number of carbonyl (C=O) groups is 1. The Morgan fingerprint density at radius 1 is 1.11 bits per heavy atom. The quantitative estimate of drug-likeness (QED) is 0.654. The summed E-state index contributed by atoms with van der Waals surface area (Å²) in [6.07, 6.45) is 3.42. The van der Waals surface area contributed by atoms with Crippen LogP contribution in [0.4, 0.5) is 5.69 Å². The minimum absolute atomic E-state index is 0.0759. The Hall–Kier alpha value is -2.60. The number of nitrogens with zero attached hydrogens (tertiary/aromatic N) is 2. The molecule has 0 fully saturated rings. The van der Waals surface area contributed by atoms with Crippen molar-refractivity contribution in [3.63, 3.8) is 0 Å². The maximum atomic E-state index is 12.5. The molecule has 1 aliphatic carbocycles. The van der Waals surface area contributed by atoms with E-state index in [1.807, 2.05) is 44.2 Å². The first kappa shape index (κ1) is 17.8. The van der Waals surface area contributed by atoms with Crippen LogP contribution in [0.3, 0.4) is 0 Å². The zero-order valence-corrected chi connectivity index (χ0v) is 16.2. The van der Waals surface area contributed by atoms with Crippen LogP contribution in [0.15, 0.2) is 52.1 Å². The van der Waals surface area contributed by atoms with Crippen molar-refractivity contribution in [2.45, 2.75) is 43.6 Å². The van der Waals surface area contributed by atoms with E-state index in [2.05, 4.69) is 27.6 Å². The first-order valence-corrected chi connectivity index (χ1v) is 9.96. The molecular weight excluding hydrogens is 358 g/mol. The molecule has 1 atom stereocenters. The molecule has 1 amide bonds. The van der Waals surface area contributed by atoms with Gasteiger partial charge in [-0.05, 0) is 68.5 Å². The van der Waals surface area contributed by atoms with Gasteiger partial charge in [-0.3, -0.25) is 4.79 Å². The zero-order valence-electron chi connectivity index (χ0n) is 15.4. The molecule has 1 heterocycles.